The lowest BCUT2D eigenvalue weighted by molar-refractivity contribution is -0.0268. The summed E-state index contributed by atoms with van der Waals surface area (Å²) in [4.78, 5) is 0. The molecule has 0 aliphatic heterocycles. The Kier molecular flexibility index (Phi) is 3.39. The van der Waals surface area contributed by atoms with Gasteiger partial charge in [0.2, 0.25) is 0 Å². The third-order valence-electron chi connectivity index (χ3n) is 7.56. The zero-order chi connectivity index (χ0) is 14.8. The highest BCUT2D eigenvalue weighted by Crippen LogP contribution is 2.65. The Balaban J connectivity index is 1.68. The lowest BCUT2D eigenvalue weighted by Gasteiger charge is -2.57. The molecule has 0 spiro atoms. The summed E-state index contributed by atoms with van der Waals surface area (Å²) in [7, 11) is 0. The van der Waals surface area contributed by atoms with Crippen molar-refractivity contribution in [1.29, 1.82) is 0 Å². The fourth-order valence-electron chi connectivity index (χ4n) is 6.16. The number of aliphatic hydroxyl groups excluding tert-OH is 1. The quantitative estimate of drug-likeness (QED) is 0.437. The van der Waals surface area contributed by atoms with Gasteiger partial charge >= 0.3 is 0 Å². The molecule has 0 amide bonds. The molecule has 0 radical (unpaired) electrons. The Morgan fingerprint density at radius 2 is 1.81 bits per heavy atom. The maximum absolute atomic E-state index is 10.0. The summed E-state index contributed by atoms with van der Waals surface area (Å²) in [6.45, 7) is 5.03. The lowest BCUT2D eigenvalue weighted by Crippen LogP contribution is -2.49. The van der Waals surface area contributed by atoms with E-state index in [1.807, 2.05) is 0 Å². The smallest absolute Gasteiger partial charge is 0.0577 e. The maximum atomic E-state index is 10.0. The van der Waals surface area contributed by atoms with Crippen LogP contribution < -0.4 is 0 Å². The predicted molar refractivity (Wildman–Crippen MR) is 95.2 cm³/mol. The summed E-state index contributed by atoms with van der Waals surface area (Å²) in [5, 5.41) is 10.0. The van der Waals surface area contributed by atoms with E-state index in [1.165, 1.54) is 32.1 Å². The van der Waals surface area contributed by atoms with E-state index in [2.05, 4.69) is 48.6 Å². The molecule has 6 atom stereocenters. The summed E-state index contributed by atoms with van der Waals surface area (Å²) in [5.74, 6) is 2.60. The highest BCUT2D eigenvalue weighted by atomic mass is 127. The van der Waals surface area contributed by atoms with E-state index in [0.29, 0.717) is 10.8 Å². The molecule has 0 heterocycles. The first-order chi connectivity index (χ1) is 9.95. The van der Waals surface area contributed by atoms with Crippen LogP contribution >= 0.6 is 22.6 Å². The largest absolute Gasteiger partial charge is 0.393 e. The standard InChI is InChI=1S/C19H27IO/c1-18-9-7-13(21)11-12(18)3-4-14-15-5-6-17(20)19(15,2)10-8-16(14)18/h3,6,13-16,21H,4-5,7-11H2,1-2H3/t13?,14?,15?,16?,18-,19?/m0/s1. The van der Waals surface area contributed by atoms with Gasteiger partial charge in [0.1, 0.15) is 0 Å². The van der Waals surface area contributed by atoms with Crippen molar-refractivity contribution in [1.82, 2.24) is 0 Å². The molecule has 116 valence electrons. The van der Waals surface area contributed by atoms with Crippen molar-refractivity contribution in [3.63, 3.8) is 0 Å². The summed E-state index contributed by atoms with van der Waals surface area (Å²) >= 11 is 2.60. The SMILES string of the molecule is CC12CCC3C(CC=C4CC(O)CC[C@@]43C)C1CC=C2I. The van der Waals surface area contributed by atoms with Crippen molar-refractivity contribution in [3.05, 3.63) is 21.3 Å². The first-order valence-corrected chi connectivity index (χ1v) is 9.77. The van der Waals surface area contributed by atoms with Gasteiger partial charge in [-0.25, -0.2) is 0 Å². The van der Waals surface area contributed by atoms with Crippen LogP contribution in [-0.4, -0.2) is 11.2 Å². The van der Waals surface area contributed by atoms with Crippen LogP contribution in [0, 0.1) is 28.6 Å². The molecule has 0 bridgehead atoms. The minimum absolute atomic E-state index is 0.0798. The monoisotopic (exact) mass is 398 g/mol. The zero-order valence-electron chi connectivity index (χ0n) is 13.2. The fourth-order valence-corrected chi connectivity index (χ4v) is 7.08. The molecular weight excluding hydrogens is 371 g/mol. The zero-order valence-corrected chi connectivity index (χ0v) is 15.4. The van der Waals surface area contributed by atoms with Gasteiger partial charge in [-0.05, 0) is 94.3 Å². The molecule has 2 fully saturated rings. The molecular formula is C19H27IO. The van der Waals surface area contributed by atoms with E-state index in [0.717, 1.165) is 30.6 Å². The summed E-state index contributed by atoms with van der Waals surface area (Å²) in [6.07, 6.45) is 13.4. The number of rotatable bonds is 0. The highest BCUT2D eigenvalue weighted by molar-refractivity contribution is 14.1. The van der Waals surface area contributed by atoms with Crippen LogP contribution in [0.3, 0.4) is 0 Å². The normalized spacial score (nSPS) is 52.4. The van der Waals surface area contributed by atoms with Crippen molar-refractivity contribution in [2.75, 3.05) is 0 Å². The Hall–Kier alpha value is 0.170. The number of hydrogen-bond acceptors (Lipinski definition) is 1. The number of allylic oxidation sites excluding steroid dienone is 3. The topological polar surface area (TPSA) is 20.2 Å². The van der Waals surface area contributed by atoms with E-state index >= 15 is 0 Å². The molecule has 1 N–H and O–H groups in total. The van der Waals surface area contributed by atoms with Crippen molar-refractivity contribution in [2.45, 2.75) is 64.9 Å². The van der Waals surface area contributed by atoms with Crippen LogP contribution in [0.4, 0.5) is 0 Å². The predicted octanol–water partition coefficient (Wildman–Crippen LogP) is 5.24. The Bertz CT molecular complexity index is 522. The fraction of sp³-hybridized carbons (Fsp3) is 0.789. The first-order valence-electron chi connectivity index (χ1n) is 8.69. The minimum Gasteiger partial charge on any atom is -0.393 e. The molecule has 2 heteroatoms. The molecule has 4 aliphatic rings. The van der Waals surface area contributed by atoms with Gasteiger partial charge in [-0.1, -0.05) is 31.6 Å². The van der Waals surface area contributed by atoms with Crippen LogP contribution in [0.5, 0.6) is 0 Å². The van der Waals surface area contributed by atoms with E-state index < -0.39 is 0 Å². The second-order valence-corrected chi connectivity index (χ2v) is 9.56. The minimum atomic E-state index is -0.0798. The van der Waals surface area contributed by atoms with Gasteiger partial charge in [-0.2, -0.15) is 0 Å². The van der Waals surface area contributed by atoms with Crippen molar-refractivity contribution in [2.24, 2.45) is 28.6 Å². The van der Waals surface area contributed by atoms with Crippen LogP contribution in [0.1, 0.15) is 58.8 Å². The summed E-state index contributed by atoms with van der Waals surface area (Å²) < 4.78 is 1.63. The van der Waals surface area contributed by atoms with E-state index in [-0.39, 0.29) is 6.10 Å². The lowest BCUT2D eigenvalue weighted by atomic mass is 9.48. The number of aliphatic hydroxyl groups is 1. The number of hydrogen-bond donors (Lipinski definition) is 1. The molecule has 21 heavy (non-hydrogen) atoms. The number of fused-ring (bicyclic) bond motifs is 5. The van der Waals surface area contributed by atoms with Gasteiger partial charge in [0.25, 0.3) is 0 Å². The average molecular weight is 398 g/mol. The third kappa shape index (κ3) is 1.97. The van der Waals surface area contributed by atoms with E-state index in [1.54, 1.807) is 9.15 Å². The molecule has 0 aromatic carbocycles. The molecule has 4 aliphatic carbocycles. The average Bonchev–Trinajstić information content (AvgIpc) is 2.76. The number of halogens is 1. The van der Waals surface area contributed by atoms with Gasteiger partial charge in [-0.3, -0.25) is 0 Å². The molecule has 1 nitrogen and oxygen atoms in total. The molecule has 0 aromatic rings. The summed E-state index contributed by atoms with van der Waals surface area (Å²) in [6, 6.07) is 0. The molecule has 4 rings (SSSR count). The Morgan fingerprint density at radius 3 is 2.62 bits per heavy atom. The van der Waals surface area contributed by atoms with E-state index in [9.17, 15) is 5.11 Å². The van der Waals surface area contributed by atoms with Gasteiger partial charge < -0.3 is 5.11 Å². The van der Waals surface area contributed by atoms with Crippen LogP contribution in [0.25, 0.3) is 0 Å². The molecule has 0 aromatic heterocycles. The van der Waals surface area contributed by atoms with Crippen molar-refractivity contribution >= 4 is 22.6 Å². The van der Waals surface area contributed by atoms with Crippen LogP contribution in [-0.2, 0) is 0 Å². The van der Waals surface area contributed by atoms with Crippen molar-refractivity contribution in [3.8, 4) is 0 Å². The second-order valence-electron chi connectivity index (χ2n) is 8.40. The Labute approximate surface area is 142 Å². The first kappa shape index (κ1) is 14.7. The van der Waals surface area contributed by atoms with Crippen molar-refractivity contribution < 1.29 is 5.11 Å². The van der Waals surface area contributed by atoms with Crippen LogP contribution in [0.15, 0.2) is 21.3 Å². The third-order valence-corrected chi connectivity index (χ3v) is 9.24. The van der Waals surface area contributed by atoms with Gasteiger partial charge in [0.05, 0.1) is 6.10 Å². The summed E-state index contributed by atoms with van der Waals surface area (Å²) in [5.41, 5.74) is 2.45. The van der Waals surface area contributed by atoms with Crippen LogP contribution in [0.2, 0.25) is 0 Å². The molecule has 5 unspecified atom stereocenters. The van der Waals surface area contributed by atoms with Gasteiger partial charge in [0.15, 0.2) is 0 Å². The van der Waals surface area contributed by atoms with Gasteiger partial charge in [0, 0.05) is 5.41 Å². The molecule has 2 saturated carbocycles. The van der Waals surface area contributed by atoms with Gasteiger partial charge in [-0.15, -0.1) is 0 Å². The molecule has 0 saturated heterocycles. The Morgan fingerprint density at radius 1 is 1.05 bits per heavy atom. The maximum Gasteiger partial charge on any atom is 0.0577 e. The highest BCUT2D eigenvalue weighted by Gasteiger charge is 2.56. The second kappa shape index (κ2) is 4.83. The van der Waals surface area contributed by atoms with E-state index in [4.69, 9.17) is 0 Å².